The number of ether oxygens (including phenoxy) is 2. The standard InChI is InChI=1S/C24H20N2O4/c25-19-10-4-17(5-11-19)8-14-23(27)29-21-2-1-3-22(16-21)30-24(28)15-9-18-6-12-20(26)13-7-18/h1-16H,25-26H2/b14-8+,15-9+. The van der Waals surface area contributed by atoms with E-state index in [1.165, 1.54) is 18.2 Å². The molecule has 0 fully saturated rings. The smallest absolute Gasteiger partial charge is 0.336 e. The molecule has 0 saturated heterocycles. The number of hydrogen-bond donors (Lipinski definition) is 2. The number of hydrogen-bond acceptors (Lipinski definition) is 6. The van der Waals surface area contributed by atoms with E-state index in [4.69, 9.17) is 20.9 Å². The van der Waals surface area contributed by atoms with Crippen molar-refractivity contribution in [3.8, 4) is 11.5 Å². The van der Waals surface area contributed by atoms with Crippen LogP contribution in [0.4, 0.5) is 11.4 Å². The highest BCUT2D eigenvalue weighted by Crippen LogP contribution is 2.20. The zero-order valence-corrected chi connectivity index (χ0v) is 16.0. The molecule has 4 N–H and O–H groups in total. The number of carbonyl (C=O) groups is 2. The fourth-order valence-electron chi connectivity index (χ4n) is 2.44. The van der Waals surface area contributed by atoms with Crippen LogP contribution in [-0.2, 0) is 9.59 Å². The lowest BCUT2D eigenvalue weighted by molar-refractivity contribution is -0.129. The zero-order chi connectivity index (χ0) is 21.3. The van der Waals surface area contributed by atoms with Gasteiger partial charge in [0.2, 0.25) is 0 Å². The van der Waals surface area contributed by atoms with Gasteiger partial charge in [0, 0.05) is 29.6 Å². The molecule has 6 heteroatoms. The Morgan fingerprint density at radius 1 is 0.633 bits per heavy atom. The van der Waals surface area contributed by atoms with Crippen LogP contribution >= 0.6 is 0 Å². The molecule has 0 aromatic heterocycles. The second-order valence-electron chi connectivity index (χ2n) is 6.32. The molecule has 3 aromatic carbocycles. The zero-order valence-electron chi connectivity index (χ0n) is 16.0. The minimum absolute atomic E-state index is 0.259. The fraction of sp³-hybridized carbons (Fsp3) is 0. The fourth-order valence-corrected chi connectivity index (χ4v) is 2.44. The Morgan fingerprint density at radius 3 is 1.43 bits per heavy atom. The topological polar surface area (TPSA) is 105 Å². The number of anilines is 2. The minimum atomic E-state index is -0.557. The van der Waals surface area contributed by atoms with Crippen molar-refractivity contribution in [3.05, 3.63) is 96.1 Å². The van der Waals surface area contributed by atoms with Crippen LogP contribution in [0.1, 0.15) is 11.1 Å². The summed E-state index contributed by atoms with van der Waals surface area (Å²) in [4.78, 5) is 24.0. The number of rotatable bonds is 6. The molecule has 0 bridgehead atoms. The summed E-state index contributed by atoms with van der Waals surface area (Å²) in [5, 5.41) is 0. The molecule has 0 aliphatic heterocycles. The van der Waals surface area contributed by atoms with Gasteiger partial charge in [-0.05, 0) is 59.7 Å². The Hall–Kier alpha value is -4.32. The van der Waals surface area contributed by atoms with Crippen molar-refractivity contribution < 1.29 is 19.1 Å². The van der Waals surface area contributed by atoms with Gasteiger partial charge in [0.15, 0.2) is 0 Å². The first kappa shape index (κ1) is 20.4. The average Bonchev–Trinajstić information content (AvgIpc) is 2.73. The van der Waals surface area contributed by atoms with Crippen molar-refractivity contribution in [1.29, 1.82) is 0 Å². The van der Waals surface area contributed by atoms with Gasteiger partial charge in [0.1, 0.15) is 11.5 Å². The summed E-state index contributed by atoms with van der Waals surface area (Å²) in [6, 6.07) is 20.4. The molecule has 0 unspecified atom stereocenters. The van der Waals surface area contributed by atoms with Crippen molar-refractivity contribution in [1.82, 2.24) is 0 Å². The van der Waals surface area contributed by atoms with E-state index in [2.05, 4.69) is 0 Å². The number of nitrogen functional groups attached to an aromatic ring is 2. The lowest BCUT2D eigenvalue weighted by atomic mass is 10.2. The molecule has 0 aliphatic rings. The SMILES string of the molecule is Nc1ccc(/C=C/C(=O)Oc2cccc(OC(=O)/C=C/c3ccc(N)cc3)c2)cc1. The van der Waals surface area contributed by atoms with E-state index in [1.807, 2.05) is 0 Å². The van der Waals surface area contributed by atoms with Crippen LogP contribution < -0.4 is 20.9 Å². The van der Waals surface area contributed by atoms with Gasteiger partial charge in [-0.2, -0.15) is 0 Å². The molecule has 0 atom stereocenters. The van der Waals surface area contributed by atoms with E-state index in [-0.39, 0.29) is 11.5 Å². The Bertz CT molecular complexity index is 1000. The maximum Gasteiger partial charge on any atom is 0.336 e. The van der Waals surface area contributed by atoms with Gasteiger partial charge in [-0.1, -0.05) is 30.3 Å². The molecule has 0 saturated carbocycles. The van der Waals surface area contributed by atoms with Crippen LogP contribution in [0, 0.1) is 0 Å². The monoisotopic (exact) mass is 400 g/mol. The van der Waals surface area contributed by atoms with Crippen LogP contribution in [0.15, 0.2) is 84.9 Å². The van der Waals surface area contributed by atoms with Crippen LogP contribution in [0.25, 0.3) is 12.2 Å². The third kappa shape index (κ3) is 6.38. The van der Waals surface area contributed by atoms with Crippen LogP contribution in [0.3, 0.4) is 0 Å². The van der Waals surface area contributed by atoms with E-state index < -0.39 is 11.9 Å². The predicted octanol–water partition coefficient (Wildman–Crippen LogP) is 4.09. The van der Waals surface area contributed by atoms with Gasteiger partial charge < -0.3 is 20.9 Å². The minimum Gasteiger partial charge on any atom is -0.423 e. The second kappa shape index (κ2) is 9.75. The van der Waals surface area contributed by atoms with Crippen molar-refractivity contribution >= 4 is 35.5 Å². The van der Waals surface area contributed by atoms with E-state index in [9.17, 15) is 9.59 Å². The largest absolute Gasteiger partial charge is 0.423 e. The molecule has 0 heterocycles. The van der Waals surface area contributed by atoms with E-state index >= 15 is 0 Å². The first-order valence-corrected chi connectivity index (χ1v) is 9.09. The predicted molar refractivity (Wildman–Crippen MR) is 117 cm³/mol. The quantitative estimate of drug-likeness (QED) is 0.279. The highest BCUT2D eigenvalue weighted by atomic mass is 16.5. The average molecular weight is 400 g/mol. The molecule has 3 rings (SSSR count). The van der Waals surface area contributed by atoms with Crippen LogP contribution in [0.5, 0.6) is 11.5 Å². The van der Waals surface area contributed by atoms with Gasteiger partial charge in [-0.15, -0.1) is 0 Å². The van der Waals surface area contributed by atoms with Gasteiger partial charge in [-0.25, -0.2) is 9.59 Å². The Kier molecular flexibility index (Phi) is 6.63. The van der Waals surface area contributed by atoms with E-state index in [0.717, 1.165) is 11.1 Å². The lowest BCUT2D eigenvalue weighted by Crippen LogP contribution is -2.06. The van der Waals surface area contributed by atoms with Gasteiger partial charge in [0.25, 0.3) is 0 Å². The summed E-state index contributed by atoms with van der Waals surface area (Å²) in [5.41, 5.74) is 14.2. The summed E-state index contributed by atoms with van der Waals surface area (Å²) in [6.07, 6.45) is 5.85. The lowest BCUT2D eigenvalue weighted by Gasteiger charge is -2.05. The molecular weight excluding hydrogens is 380 g/mol. The molecule has 0 aliphatic carbocycles. The molecule has 150 valence electrons. The molecule has 0 amide bonds. The third-order valence-corrected chi connectivity index (χ3v) is 3.94. The summed E-state index contributed by atoms with van der Waals surface area (Å²) < 4.78 is 10.5. The first-order chi connectivity index (χ1) is 14.5. The van der Waals surface area contributed by atoms with Gasteiger partial charge in [0.05, 0.1) is 0 Å². The maximum atomic E-state index is 12.0. The van der Waals surface area contributed by atoms with E-state index in [0.29, 0.717) is 11.4 Å². The molecule has 0 radical (unpaired) electrons. The van der Waals surface area contributed by atoms with Crippen LogP contribution in [0.2, 0.25) is 0 Å². The summed E-state index contributed by atoms with van der Waals surface area (Å²) in [6.45, 7) is 0. The molecule has 3 aromatic rings. The molecule has 30 heavy (non-hydrogen) atoms. The van der Waals surface area contributed by atoms with E-state index in [1.54, 1.807) is 78.9 Å². The van der Waals surface area contributed by atoms with Gasteiger partial charge in [-0.3, -0.25) is 0 Å². The highest BCUT2D eigenvalue weighted by molar-refractivity contribution is 5.90. The highest BCUT2D eigenvalue weighted by Gasteiger charge is 2.05. The normalized spacial score (nSPS) is 10.9. The van der Waals surface area contributed by atoms with Crippen molar-refractivity contribution in [2.45, 2.75) is 0 Å². The second-order valence-corrected chi connectivity index (χ2v) is 6.32. The Morgan fingerprint density at radius 2 is 1.03 bits per heavy atom. The molecular formula is C24H20N2O4. The third-order valence-electron chi connectivity index (χ3n) is 3.94. The Balaban J connectivity index is 1.57. The van der Waals surface area contributed by atoms with Crippen molar-refractivity contribution in [2.24, 2.45) is 0 Å². The van der Waals surface area contributed by atoms with Gasteiger partial charge >= 0.3 is 11.9 Å². The van der Waals surface area contributed by atoms with Crippen LogP contribution in [-0.4, -0.2) is 11.9 Å². The summed E-state index contributed by atoms with van der Waals surface area (Å²) in [5.74, 6) is -0.596. The Labute approximate surface area is 174 Å². The maximum absolute atomic E-state index is 12.0. The molecule has 6 nitrogen and oxygen atoms in total. The number of nitrogens with two attached hydrogens (primary N) is 2. The summed E-state index contributed by atoms with van der Waals surface area (Å²) >= 11 is 0. The first-order valence-electron chi connectivity index (χ1n) is 9.09. The number of carbonyl (C=O) groups excluding carboxylic acids is 2. The summed E-state index contributed by atoms with van der Waals surface area (Å²) in [7, 11) is 0. The number of esters is 2. The molecule has 0 spiro atoms. The van der Waals surface area contributed by atoms with Crippen molar-refractivity contribution in [3.63, 3.8) is 0 Å². The van der Waals surface area contributed by atoms with Crippen molar-refractivity contribution in [2.75, 3.05) is 11.5 Å². The number of benzene rings is 3.